The Kier molecular flexibility index (Phi) is 6.29. The van der Waals surface area contributed by atoms with Crippen molar-refractivity contribution in [1.29, 1.82) is 0 Å². The molecule has 1 aromatic carbocycles. The zero-order chi connectivity index (χ0) is 10.6. The van der Waals surface area contributed by atoms with Crippen LogP contribution in [-0.2, 0) is 0 Å². The first-order valence-corrected chi connectivity index (χ1v) is 4.89. The summed E-state index contributed by atoms with van der Waals surface area (Å²) in [6, 6.07) is 4.19. The highest BCUT2D eigenvalue weighted by atomic mass is 35.5. The molecule has 3 N–H and O–H groups in total. The van der Waals surface area contributed by atoms with Crippen molar-refractivity contribution >= 4 is 12.4 Å². The minimum atomic E-state index is -0.602. The molecule has 15 heavy (non-hydrogen) atoms. The highest BCUT2D eigenvalue weighted by Crippen LogP contribution is 2.27. The van der Waals surface area contributed by atoms with Gasteiger partial charge in [0, 0.05) is 11.6 Å². The van der Waals surface area contributed by atoms with Crippen molar-refractivity contribution in [1.82, 2.24) is 0 Å². The number of rotatable bonds is 4. The first-order valence-electron chi connectivity index (χ1n) is 4.89. The van der Waals surface area contributed by atoms with Gasteiger partial charge in [-0.1, -0.05) is 31.9 Å². The van der Waals surface area contributed by atoms with Gasteiger partial charge in [-0.25, -0.2) is 4.39 Å². The molecule has 0 spiro atoms. The average molecular weight is 234 g/mol. The normalized spacial score (nSPS) is 11.9. The fraction of sp³-hybridized carbons (Fsp3) is 0.455. The van der Waals surface area contributed by atoms with Crippen LogP contribution in [0.2, 0.25) is 0 Å². The molecule has 0 saturated heterocycles. The second kappa shape index (κ2) is 6.64. The Morgan fingerprint density at radius 3 is 2.73 bits per heavy atom. The molecule has 4 heteroatoms. The van der Waals surface area contributed by atoms with Crippen molar-refractivity contribution in [2.45, 2.75) is 32.2 Å². The van der Waals surface area contributed by atoms with Gasteiger partial charge in [-0.05, 0) is 12.5 Å². The number of hydrogen-bond donors (Lipinski definition) is 2. The van der Waals surface area contributed by atoms with E-state index in [4.69, 9.17) is 5.73 Å². The molecule has 86 valence electrons. The fourth-order valence-corrected chi connectivity index (χ4v) is 1.41. The lowest BCUT2D eigenvalue weighted by Gasteiger charge is -2.13. The smallest absolute Gasteiger partial charge is 0.165 e. The summed E-state index contributed by atoms with van der Waals surface area (Å²) >= 11 is 0. The number of benzene rings is 1. The minimum Gasteiger partial charge on any atom is -0.505 e. The Bertz CT molecular complexity index is 307. The summed E-state index contributed by atoms with van der Waals surface area (Å²) < 4.78 is 13.0. The monoisotopic (exact) mass is 233 g/mol. The van der Waals surface area contributed by atoms with Gasteiger partial charge in [-0.3, -0.25) is 0 Å². The molecule has 0 bridgehead atoms. The molecule has 0 heterocycles. The Morgan fingerprint density at radius 2 is 2.13 bits per heavy atom. The Morgan fingerprint density at radius 1 is 1.47 bits per heavy atom. The van der Waals surface area contributed by atoms with Gasteiger partial charge < -0.3 is 10.8 Å². The van der Waals surface area contributed by atoms with E-state index in [1.807, 2.05) is 0 Å². The molecule has 1 atom stereocenters. The summed E-state index contributed by atoms with van der Waals surface area (Å²) in [4.78, 5) is 0. The Labute approximate surface area is 95.7 Å². The van der Waals surface area contributed by atoms with Gasteiger partial charge >= 0.3 is 0 Å². The molecule has 0 unspecified atom stereocenters. The number of unbranched alkanes of at least 4 members (excludes halogenated alkanes) is 1. The topological polar surface area (TPSA) is 46.2 Å². The average Bonchev–Trinajstić information content (AvgIpc) is 2.18. The number of aromatic hydroxyl groups is 1. The molecule has 0 aliphatic heterocycles. The lowest BCUT2D eigenvalue weighted by molar-refractivity contribution is 0.417. The van der Waals surface area contributed by atoms with Crippen LogP contribution >= 0.6 is 12.4 Å². The van der Waals surface area contributed by atoms with Crippen LogP contribution in [0.5, 0.6) is 5.75 Å². The second-order valence-electron chi connectivity index (χ2n) is 3.43. The molecule has 0 aliphatic carbocycles. The molecular formula is C11H17ClFNO. The predicted molar refractivity (Wildman–Crippen MR) is 61.8 cm³/mol. The van der Waals surface area contributed by atoms with E-state index >= 15 is 0 Å². The van der Waals surface area contributed by atoms with Gasteiger partial charge in [0.2, 0.25) is 0 Å². The lowest BCUT2D eigenvalue weighted by atomic mass is 10.0. The zero-order valence-electron chi connectivity index (χ0n) is 8.74. The third kappa shape index (κ3) is 3.68. The highest BCUT2D eigenvalue weighted by Gasteiger charge is 2.12. The molecule has 0 aliphatic rings. The number of halogens is 2. The van der Waals surface area contributed by atoms with Crippen molar-refractivity contribution in [2.75, 3.05) is 0 Å². The number of nitrogens with two attached hydrogens (primary N) is 1. The maximum atomic E-state index is 13.0. The van der Waals surface area contributed by atoms with E-state index in [1.165, 1.54) is 6.07 Å². The maximum Gasteiger partial charge on any atom is 0.165 e. The van der Waals surface area contributed by atoms with Gasteiger partial charge in [0.05, 0.1) is 0 Å². The summed E-state index contributed by atoms with van der Waals surface area (Å²) in [5, 5.41) is 9.41. The number of phenolic OH excluding ortho intramolecular Hbond substituents is 1. The van der Waals surface area contributed by atoms with Crippen molar-refractivity contribution in [3.8, 4) is 5.75 Å². The first kappa shape index (κ1) is 14.2. The first-order chi connectivity index (χ1) is 6.66. The van der Waals surface area contributed by atoms with Crippen molar-refractivity contribution in [2.24, 2.45) is 5.73 Å². The number of phenols is 1. The summed E-state index contributed by atoms with van der Waals surface area (Å²) in [5.74, 6) is -0.912. The minimum absolute atomic E-state index is 0. The van der Waals surface area contributed by atoms with Crippen molar-refractivity contribution < 1.29 is 9.50 Å². The molecule has 0 saturated carbocycles. The molecule has 1 aromatic rings. The Balaban J connectivity index is 0.00000196. The molecule has 0 fully saturated rings. The summed E-state index contributed by atoms with van der Waals surface area (Å²) in [6.45, 7) is 2.07. The molecular weight excluding hydrogens is 217 g/mol. The highest BCUT2D eigenvalue weighted by molar-refractivity contribution is 5.85. The predicted octanol–water partition coefficient (Wildman–Crippen LogP) is 3.14. The van der Waals surface area contributed by atoms with Crippen LogP contribution < -0.4 is 5.73 Å². The summed E-state index contributed by atoms with van der Waals surface area (Å²) in [6.07, 6.45) is 2.80. The van der Waals surface area contributed by atoms with Gasteiger partial charge in [-0.15, -0.1) is 12.4 Å². The third-order valence-corrected chi connectivity index (χ3v) is 2.29. The Hall–Kier alpha value is -0.800. The van der Waals surface area contributed by atoms with Gasteiger partial charge in [0.15, 0.2) is 11.6 Å². The van der Waals surface area contributed by atoms with Gasteiger partial charge in [0.25, 0.3) is 0 Å². The second-order valence-corrected chi connectivity index (χ2v) is 3.43. The van der Waals surface area contributed by atoms with Crippen molar-refractivity contribution in [3.63, 3.8) is 0 Å². The SMILES string of the molecule is CCCC[C@H](N)c1cccc(F)c1O.Cl. The van der Waals surface area contributed by atoms with E-state index < -0.39 is 5.82 Å². The maximum absolute atomic E-state index is 13.0. The van der Waals surface area contributed by atoms with E-state index in [0.717, 1.165) is 19.3 Å². The summed E-state index contributed by atoms with van der Waals surface area (Å²) in [7, 11) is 0. The lowest BCUT2D eigenvalue weighted by Crippen LogP contribution is -2.10. The van der Waals surface area contributed by atoms with E-state index in [1.54, 1.807) is 12.1 Å². The molecule has 2 nitrogen and oxygen atoms in total. The van der Waals surface area contributed by atoms with Crippen LogP contribution in [0.3, 0.4) is 0 Å². The van der Waals surface area contributed by atoms with Crippen LogP contribution in [0.4, 0.5) is 4.39 Å². The van der Waals surface area contributed by atoms with Crippen LogP contribution in [0.25, 0.3) is 0 Å². The molecule has 0 aromatic heterocycles. The molecule has 0 amide bonds. The molecule has 1 rings (SSSR count). The third-order valence-electron chi connectivity index (χ3n) is 2.29. The van der Waals surface area contributed by atoms with E-state index in [-0.39, 0.29) is 24.2 Å². The van der Waals surface area contributed by atoms with Gasteiger partial charge in [-0.2, -0.15) is 0 Å². The standard InChI is InChI=1S/C11H16FNO.ClH/c1-2-3-7-10(13)8-5-4-6-9(12)11(8)14;/h4-6,10,14H,2-3,7,13H2,1H3;1H/t10-;/m0./s1. The largest absolute Gasteiger partial charge is 0.505 e. The number of para-hydroxylation sites is 1. The van der Waals surface area contributed by atoms with Crippen molar-refractivity contribution in [3.05, 3.63) is 29.6 Å². The van der Waals surface area contributed by atoms with Crippen LogP contribution in [-0.4, -0.2) is 5.11 Å². The number of hydrogen-bond acceptors (Lipinski definition) is 2. The van der Waals surface area contributed by atoms with E-state index in [2.05, 4.69) is 6.92 Å². The molecule has 0 radical (unpaired) electrons. The summed E-state index contributed by atoms with van der Waals surface area (Å²) in [5.41, 5.74) is 6.32. The van der Waals surface area contributed by atoms with E-state index in [0.29, 0.717) is 5.56 Å². The van der Waals surface area contributed by atoms with E-state index in [9.17, 15) is 9.50 Å². The van der Waals surface area contributed by atoms with Crippen LogP contribution in [0.1, 0.15) is 37.8 Å². The van der Waals surface area contributed by atoms with Crippen LogP contribution in [0.15, 0.2) is 18.2 Å². The zero-order valence-corrected chi connectivity index (χ0v) is 9.56. The van der Waals surface area contributed by atoms with Crippen LogP contribution in [0, 0.1) is 5.82 Å². The quantitative estimate of drug-likeness (QED) is 0.839. The fourth-order valence-electron chi connectivity index (χ4n) is 1.41. The van der Waals surface area contributed by atoms with Gasteiger partial charge in [0.1, 0.15) is 0 Å².